The summed E-state index contributed by atoms with van der Waals surface area (Å²) in [5.74, 6) is -4.59. The molecule has 3 saturated heterocycles. The number of hydrogen-bond donors (Lipinski definition) is 6. The normalized spacial score (nSPS) is 28.1. The molecule has 0 saturated carbocycles. The van der Waals surface area contributed by atoms with Crippen molar-refractivity contribution in [2.75, 3.05) is 38.5 Å². The van der Waals surface area contributed by atoms with Crippen molar-refractivity contribution in [2.45, 2.75) is 159 Å². The molecule has 1 amide bonds. The number of ketones is 3. The van der Waals surface area contributed by atoms with Crippen LogP contribution in [-0.2, 0) is 47.5 Å². The van der Waals surface area contributed by atoms with Crippen LogP contribution < -0.4 is 10.2 Å². The van der Waals surface area contributed by atoms with Crippen molar-refractivity contribution in [3.63, 3.8) is 0 Å². The van der Waals surface area contributed by atoms with Crippen LogP contribution in [0.2, 0.25) is 0 Å². The number of esters is 1. The number of anilines is 3. The molecule has 23 heteroatoms. The number of amides is 1. The third-order valence-corrected chi connectivity index (χ3v) is 16.9. The van der Waals surface area contributed by atoms with Gasteiger partial charge in [0, 0.05) is 96.8 Å². The second-order valence-electron chi connectivity index (χ2n) is 22.6. The predicted octanol–water partition coefficient (Wildman–Crippen LogP) is 7.73. The topological polar surface area (TPSA) is 291 Å². The lowest BCUT2D eigenvalue weighted by atomic mass is 9.67. The summed E-state index contributed by atoms with van der Waals surface area (Å²) in [6, 6.07) is 18.9. The molecule has 6 N–H and O–H groups in total. The number of hydrogen-bond acceptors (Lipinski definition) is 20. The summed E-state index contributed by atoms with van der Waals surface area (Å²) in [5, 5.41) is 50.3. The summed E-state index contributed by atoms with van der Waals surface area (Å²) >= 11 is 0. The minimum atomic E-state index is -1.76. The van der Waals surface area contributed by atoms with Crippen molar-refractivity contribution < 1.29 is 77.6 Å². The molecule has 0 radical (unpaired) electrons. The van der Waals surface area contributed by atoms with Gasteiger partial charge in [0.15, 0.2) is 30.4 Å². The number of nitrogens with one attached hydrogen (secondary N) is 2. The van der Waals surface area contributed by atoms with Gasteiger partial charge < -0.3 is 73.7 Å². The van der Waals surface area contributed by atoms with Crippen molar-refractivity contribution in [3.05, 3.63) is 112 Å². The van der Waals surface area contributed by atoms with Crippen molar-refractivity contribution in [1.29, 1.82) is 0 Å². The Labute approximate surface area is 497 Å². The number of rotatable bonds is 12. The molecule has 454 valence electrons. The maximum atomic E-state index is 13.9. The van der Waals surface area contributed by atoms with Gasteiger partial charge in [0.2, 0.25) is 11.7 Å². The second-order valence-corrected chi connectivity index (χ2v) is 22.6. The number of Topliss-reactive ketones (excluding diaryl/α,β-unsaturated/α-hetero) is 1. The number of methoxy groups -OCH3 is 1. The van der Waals surface area contributed by atoms with Gasteiger partial charge in [-0.1, -0.05) is 19.1 Å². The number of imidazole rings is 1. The number of carbonyl (C=O) groups is 5. The summed E-state index contributed by atoms with van der Waals surface area (Å²) in [7, 11) is 6.68. The van der Waals surface area contributed by atoms with E-state index in [1.807, 2.05) is 62.3 Å². The molecule has 2 aromatic heterocycles. The van der Waals surface area contributed by atoms with E-state index in [1.54, 1.807) is 52.9 Å². The molecule has 11 rings (SSSR count). The van der Waals surface area contributed by atoms with Gasteiger partial charge in [0.05, 0.1) is 59.5 Å². The van der Waals surface area contributed by atoms with E-state index >= 15 is 0 Å². The number of aromatic hydroxyl groups is 2. The van der Waals surface area contributed by atoms with E-state index in [1.165, 1.54) is 31.4 Å². The number of nitrogens with zero attached hydrogens (tertiary/aromatic N) is 4. The number of likely N-dealkylation sites (N-methyl/N-ethyl adjacent to an activating group) is 1. The van der Waals surface area contributed by atoms with Gasteiger partial charge >= 0.3 is 5.97 Å². The zero-order chi connectivity index (χ0) is 60.2. The monoisotopic (exact) mass is 1190 g/mol. The van der Waals surface area contributed by atoms with Gasteiger partial charge in [0.25, 0.3) is 0 Å². The molecule has 0 bridgehead atoms. The quantitative estimate of drug-likeness (QED) is 0.0638. The molecule has 4 aromatic carbocycles. The number of aromatic nitrogens is 3. The Bertz CT molecular complexity index is 3510. The lowest BCUT2D eigenvalue weighted by Crippen LogP contribution is -2.58. The van der Waals surface area contributed by atoms with E-state index in [4.69, 9.17) is 33.2 Å². The van der Waals surface area contributed by atoms with E-state index in [0.717, 1.165) is 44.7 Å². The smallest absolute Gasteiger partial charge is 0.316 e. The molecule has 22 nitrogen and oxygen atoms in total. The number of aryl methyl sites for hydroxylation is 1. The summed E-state index contributed by atoms with van der Waals surface area (Å²) in [4.78, 5) is 80.2. The van der Waals surface area contributed by atoms with Gasteiger partial charge in [-0.15, -0.1) is 12.4 Å². The molecule has 5 aliphatic rings. The maximum absolute atomic E-state index is 13.9. The summed E-state index contributed by atoms with van der Waals surface area (Å²) in [5.41, 5.74) is 4.06. The van der Waals surface area contributed by atoms with Gasteiger partial charge in [-0.3, -0.25) is 24.0 Å². The van der Waals surface area contributed by atoms with E-state index in [0.29, 0.717) is 12.8 Å². The fraction of sp³-hybridized carbons (Fsp3) is 0.468. The van der Waals surface area contributed by atoms with Crippen molar-refractivity contribution in [1.82, 2.24) is 19.9 Å². The predicted molar refractivity (Wildman–Crippen MR) is 313 cm³/mol. The summed E-state index contributed by atoms with van der Waals surface area (Å²) in [6.45, 7) is 10.5. The van der Waals surface area contributed by atoms with Gasteiger partial charge in [-0.05, 0) is 108 Å². The highest BCUT2D eigenvalue weighted by atomic mass is 35.5. The van der Waals surface area contributed by atoms with Gasteiger partial charge in [0.1, 0.15) is 47.6 Å². The molecule has 3 aliphatic heterocycles. The fourth-order valence-electron chi connectivity index (χ4n) is 12.4. The van der Waals surface area contributed by atoms with Gasteiger partial charge in [-0.25, -0.2) is 9.97 Å². The molecule has 2 aliphatic carbocycles. The Kier molecular flexibility index (Phi) is 18.5. The number of carbonyl (C=O) groups excluding carboxylic acids is 5. The summed E-state index contributed by atoms with van der Waals surface area (Å²) < 4.78 is 42.6. The van der Waals surface area contributed by atoms with Crippen LogP contribution in [0.15, 0.2) is 73.1 Å². The zero-order valence-corrected chi connectivity index (χ0v) is 49.8. The minimum absolute atomic E-state index is 0. The second kappa shape index (κ2) is 25.2. The molecule has 6 aromatic rings. The first kappa shape index (κ1) is 62.6. The van der Waals surface area contributed by atoms with E-state index in [-0.39, 0.29) is 89.2 Å². The molecular formula is C62H73ClN6O16. The largest absolute Gasteiger partial charge is 0.507 e. The first-order valence-electron chi connectivity index (χ1n) is 28.3. The van der Waals surface area contributed by atoms with Crippen LogP contribution in [0.3, 0.4) is 0 Å². The highest BCUT2D eigenvalue weighted by Gasteiger charge is 2.54. The first-order valence-corrected chi connectivity index (χ1v) is 28.3. The number of benzene rings is 4. The van der Waals surface area contributed by atoms with E-state index < -0.39 is 102 Å². The number of fused-ring (bicyclic) bond motifs is 6. The Morgan fingerprint density at radius 1 is 0.847 bits per heavy atom. The van der Waals surface area contributed by atoms with Crippen LogP contribution in [-0.4, -0.2) is 165 Å². The third-order valence-electron chi connectivity index (χ3n) is 16.9. The van der Waals surface area contributed by atoms with Crippen molar-refractivity contribution in [3.8, 4) is 11.5 Å². The fourth-order valence-corrected chi connectivity index (χ4v) is 12.4. The Morgan fingerprint density at radius 2 is 1.54 bits per heavy atom. The molecule has 3 fully saturated rings. The Hall–Kier alpha value is -6.96. The number of aromatic amines is 1. The summed E-state index contributed by atoms with van der Waals surface area (Å²) in [6.07, 6.45) is -5.06. The van der Waals surface area contributed by atoms with Crippen LogP contribution in [0.1, 0.15) is 134 Å². The molecule has 13 atom stereocenters. The SMILES string of the molecule is CC(=O)N(C)c1ccc(Nc2cc(C)[nH]c3ccc4ncnc4c23)cc1.CC[C@@]1(O)C[C@H](O[C@H]2C[C@H](N(C)C)[C@H](O[C@H]3C[C@H](O)[C@H](O[C@H]4CCC(=O)[C@H](C)O4)[C@H](C)O3)[C@H](C)O2)c2c(cc3c(c2O)C(=O)c2c(O)cccc2C3=O)[C@H]1C(=O)OC.Cl. The number of aliphatic hydroxyl groups excluding tert-OH is 1. The maximum Gasteiger partial charge on any atom is 0.316 e. The molecular weight excluding hydrogens is 1120 g/mol. The average molecular weight is 1190 g/mol. The molecule has 0 unspecified atom stereocenters. The Morgan fingerprint density at radius 3 is 2.20 bits per heavy atom. The zero-order valence-electron chi connectivity index (χ0n) is 49.0. The average Bonchev–Trinajstić information content (AvgIpc) is 1.19. The van der Waals surface area contributed by atoms with Gasteiger partial charge in [-0.2, -0.15) is 0 Å². The molecule has 5 heterocycles. The number of pyridine rings is 1. The number of phenols is 2. The number of H-pyrrole nitrogens is 1. The third kappa shape index (κ3) is 12.1. The minimum Gasteiger partial charge on any atom is -0.507 e. The van der Waals surface area contributed by atoms with E-state index in [9.17, 15) is 44.4 Å². The standard InChI is InChI=1S/C42H53NO15.C20H19N5O.ClH/c1-8-42(51)17-28(33-22(35(42)41(50)52-7)14-23-34(38(33)49)37(48)32-21(36(23)47)10-9-11-26(32)45)56-30-15-24(43(5)6)39(19(3)54-30)58-31-16-27(46)40(20(4)55-31)57-29-13-12-25(44)18(2)53-29;1-12-10-18(19-16(23-12)8-9-17-20(19)22-11-21-17)24-14-4-6-15(7-5-14)25(3)13(2)26;/h9-11,14,18-20,24,27-31,35,39-40,45-46,49,51H,8,12-13,15-17H2,1-7H3;4-11,23-24H,1-3H3;1H/t18-,19-,20-,24-,27-,28-,29-,30-,31-,35-,39+,40+,42+;;/m0../s1. The van der Waals surface area contributed by atoms with Crippen LogP contribution >= 0.6 is 12.4 Å². The number of halogens is 1. The van der Waals surface area contributed by atoms with Crippen LogP contribution in [0.5, 0.6) is 11.5 Å². The van der Waals surface area contributed by atoms with Crippen molar-refractivity contribution in [2.24, 2.45) is 0 Å². The lowest BCUT2D eigenvalue weighted by molar-refractivity contribution is -0.324. The Balaban J connectivity index is 0.000000266. The number of aliphatic hydroxyl groups is 2. The molecule has 0 spiro atoms. The van der Waals surface area contributed by atoms with Crippen molar-refractivity contribution >= 4 is 80.6 Å². The molecule has 85 heavy (non-hydrogen) atoms. The van der Waals surface area contributed by atoms with Crippen LogP contribution in [0, 0.1) is 6.92 Å². The highest BCUT2D eigenvalue weighted by Crippen LogP contribution is 2.54. The number of ether oxygens (including phenoxy) is 7. The van der Waals surface area contributed by atoms with Crippen LogP contribution in [0.4, 0.5) is 17.1 Å². The lowest BCUT2D eigenvalue weighted by Gasteiger charge is -2.48. The van der Waals surface area contributed by atoms with E-state index in [2.05, 4.69) is 26.3 Å². The first-order chi connectivity index (χ1) is 40.0. The number of phenolic OH excluding ortho intramolecular Hbond substituents is 2. The van der Waals surface area contributed by atoms with Crippen LogP contribution in [0.25, 0.3) is 21.9 Å². The highest BCUT2D eigenvalue weighted by molar-refractivity contribution is 6.30.